The Morgan fingerprint density at radius 2 is 0.976 bits per heavy atom. The van der Waals surface area contributed by atoms with Gasteiger partial charge < -0.3 is 14.6 Å². The van der Waals surface area contributed by atoms with Gasteiger partial charge in [0.15, 0.2) is 5.78 Å². The number of aliphatic hydroxyl groups is 1. The minimum atomic E-state index is -0.984. The van der Waals surface area contributed by atoms with Gasteiger partial charge in [-0.25, -0.2) is 0 Å². The molecule has 0 unspecified atom stereocenters. The van der Waals surface area contributed by atoms with E-state index in [0.29, 0.717) is 19.3 Å². The lowest BCUT2D eigenvalue weighted by Gasteiger charge is -2.12. The smallest absolute Gasteiger partial charge is 0.305 e. The molecule has 1 atom stereocenters. The Bertz CT molecular complexity index is 684. The Hall–Kier alpha value is -1.95. The Balaban J connectivity index is 3.53. The summed E-state index contributed by atoms with van der Waals surface area (Å²) < 4.78 is 10.2. The van der Waals surface area contributed by atoms with Gasteiger partial charge in [-0.2, -0.15) is 0 Å². The molecule has 0 aliphatic heterocycles. The van der Waals surface area contributed by atoms with E-state index in [1.54, 1.807) is 6.08 Å². The lowest BCUT2D eigenvalue weighted by Crippen LogP contribution is -2.25. The largest absolute Gasteiger partial charge is 0.463 e. The van der Waals surface area contributed by atoms with Crippen molar-refractivity contribution in [2.75, 3.05) is 13.2 Å². The third-order valence-corrected chi connectivity index (χ3v) is 7.17. The van der Waals surface area contributed by atoms with E-state index in [-0.39, 0.29) is 30.9 Å². The van der Waals surface area contributed by atoms with Gasteiger partial charge >= 0.3 is 11.9 Å². The van der Waals surface area contributed by atoms with Crippen LogP contribution in [0.15, 0.2) is 24.3 Å². The molecule has 0 amide bonds. The van der Waals surface area contributed by atoms with Crippen molar-refractivity contribution >= 4 is 17.7 Å². The summed E-state index contributed by atoms with van der Waals surface area (Å²) in [5.74, 6) is -0.425. The fraction of sp³-hybridized carbons (Fsp3) is 0.800. The summed E-state index contributed by atoms with van der Waals surface area (Å²) in [5, 5.41) is 9.94. The Morgan fingerprint density at radius 1 is 0.561 bits per heavy atom. The number of ketones is 1. The first-order valence-electron chi connectivity index (χ1n) is 16.8. The molecule has 41 heavy (non-hydrogen) atoms. The number of carbonyl (C=O) groups is 3. The van der Waals surface area contributed by atoms with Crippen LogP contribution in [-0.4, -0.2) is 42.1 Å². The third kappa shape index (κ3) is 30.8. The van der Waals surface area contributed by atoms with Gasteiger partial charge in [-0.1, -0.05) is 128 Å². The van der Waals surface area contributed by atoms with Crippen LogP contribution in [0.3, 0.4) is 0 Å². The molecule has 0 rings (SSSR count). The van der Waals surface area contributed by atoms with E-state index in [4.69, 9.17) is 9.47 Å². The number of rotatable bonds is 30. The van der Waals surface area contributed by atoms with E-state index in [1.165, 1.54) is 51.4 Å². The maximum absolute atomic E-state index is 11.9. The van der Waals surface area contributed by atoms with Gasteiger partial charge in [0, 0.05) is 19.3 Å². The average molecular weight is 579 g/mol. The van der Waals surface area contributed by atoms with Crippen LogP contribution in [0.25, 0.3) is 0 Å². The lowest BCUT2D eigenvalue weighted by molar-refractivity contribution is -0.152. The zero-order valence-electron chi connectivity index (χ0n) is 26.6. The second kappa shape index (κ2) is 31.0. The number of ether oxygens (including phenoxy) is 2. The zero-order valence-corrected chi connectivity index (χ0v) is 26.6. The molecule has 0 aromatic heterocycles. The van der Waals surface area contributed by atoms with Crippen LogP contribution >= 0.6 is 0 Å². The van der Waals surface area contributed by atoms with Crippen LogP contribution in [0.1, 0.15) is 162 Å². The van der Waals surface area contributed by atoms with Crippen LogP contribution in [0.2, 0.25) is 0 Å². The van der Waals surface area contributed by atoms with Crippen LogP contribution in [-0.2, 0) is 23.9 Å². The summed E-state index contributed by atoms with van der Waals surface area (Å²) in [6, 6.07) is 0. The van der Waals surface area contributed by atoms with Crippen LogP contribution in [0.5, 0.6) is 0 Å². The first kappa shape index (κ1) is 39.0. The highest BCUT2D eigenvalue weighted by Gasteiger charge is 2.12. The monoisotopic (exact) mass is 578 g/mol. The molecule has 1 N–H and O–H groups in total. The Labute approximate surface area is 251 Å². The Kier molecular flexibility index (Phi) is 29.5. The van der Waals surface area contributed by atoms with Crippen molar-refractivity contribution in [1.29, 1.82) is 0 Å². The van der Waals surface area contributed by atoms with Gasteiger partial charge in [-0.3, -0.25) is 14.4 Å². The summed E-state index contributed by atoms with van der Waals surface area (Å²) in [4.78, 5) is 35.4. The fourth-order valence-corrected chi connectivity index (χ4v) is 4.54. The summed E-state index contributed by atoms with van der Waals surface area (Å²) in [5.41, 5.74) is 0. The van der Waals surface area contributed by atoms with Gasteiger partial charge in [0.2, 0.25) is 0 Å². The van der Waals surface area contributed by atoms with Gasteiger partial charge in [0.05, 0.1) is 0 Å². The predicted molar refractivity (Wildman–Crippen MR) is 169 cm³/mol. The van der Waals surface area contributed by atoms with Crippen molar-refractivity contribution in [3.05, 3.63) is 24.3 Å². The first-order chi connectivity index (χ1) is 20.0. The molecule has 0 radical (unpaired) electrons. The van der Waals surface area contributed by atoms with E-state index in [9.17, 15) is 19.5 Å². The maximum Gasteiger partial charge on any atom is 0.305 e. The maximum atomic E-state index is 11.9. The second-order valence-corrected chi connectivity index (χ2v) is 11.3. The molecule has 0 aromatic rings. The molecule has 0 aliphatic rings. The van der Waals surface area contributed by atoms with Crippen molar-refractivity contribution < 1.29 is 29.0 Å². The van der Waals surface area contributed by atoms with E-state index < -0.39 is 6.10 Å². The van der Waals surface area contributed by atoms with E-state index in [2.05, 4.69) is 19.9 Å². The molecule has 0 aliphatic carbocycles. The van der Waals surface area contributed by atoms with E-state index >= 15 is 0 Å². The van der Waals surface area contributed by atoms with E-state index in [1.807, 2.05) is 12.2 Å². The molecule has 0 saturated heterocycles. The molecular weight excluding hydrogens is 516 g/mol. The zero-order chi connectivity index (χ0) is 30.2. The van der Waals surface area contributed by atoms with Gasteiger partial charge in [-0.15, -0.1) is 0 Å². The summed E-state index contributed by atoms with van der Waals surface area (Å²) >= 11 is 0. The highest BCUT2D eigenvalue weighted by Crippen LogP contribution is 2.12. The summed E-state index contributed by atoms with van der Waals surface area (Å²) in [7, 11) is 0. The number of allylic oxidation sites excluding steroid dienone is 4. The van der Waals surface area contributed by atoms with Crippen LogP contribution in [0.4, 0.5) is 0 Å². The molecule has 0 heterocycles. The van der Waals surface area contributed by atoms with Gasteiger partial charge in [0.1, 0.15) is 19.3 Å². The molecule has 6 heteroatoms. The van der Waals surface area contributed by atoms with Crippen molar-refractivity contribution in [2.24, 2.45) is 0 Å². The van der Waals surface area contributed by atoms with Crippen molar-refractivity contribution in [3.8, 4) is 0 Å². The minimum absolute atomic E-state index is 0.135. The summed E-state index contributed by atoms with van der Waals surface area (Å²) in [6.45, 7) is 4.10. The van der Waals surface area contributed by atoms with E-state index in [0.717, 1.165) is 77.0 Å². The second-order valence-electron chi connectivity index (χ2n) is 11.3. The molecule has 238 valence electrons. The molecule has 0 fully saturated rings. The average Bonchev–Trinajstić information content (AvgIpc) is 2.96. The molecular formula is C35H62O6. The number of esters is 2. The normalized spacial score (nSPS) is 12.3. The van der Waals surface area contributed by atoms with Crippen molar-refractivity contribution in [2.45, 2.75) is 168 Å². The highest BCUT2D eigenvalue weighted by atomic mass is 16.6. The first-order valence-corrected chi connectivity index (χ1v) is 16.8. The lowest BCUT2D eigenvalue weighted by atomic mass is 10.1. The molecule has 0 spiro atoms. The van der Waals surface area contributed by atoms with Gasteiger partial charge in [-0.05, 0) is 38.2 Å². The summed E-state index contributed by atoms with van der Waals surface area (Å²) in [6.07, 6.45) is 30.6. The van der Waals surface area contributed by atoms with Crippen molar-refractivity contribution in [3.63, 3.8) is 0 Å². The fourth-order valence-electron chi connectivity index (χ4n) is 4.54. The van der Waals surface area contributed by atoms with Crippen molar-refractivity contribution in [1.82, 2.24) is 0 Å². The van der Waals surface area contributed by atoms with Crippen LogP contribution < -0.4 is 0 Å². The highest BCUT2D eigenvalue weighted by molar-refractivity contribution is 5.89. The standard InChI is InChI=1S/C35H62O6/c1-3-5-7-8-9-10-11-14-17-20-24-28-34(38)40-30-33(37)31-41-35(39)29-25-21-18-15-12-13-16-19-23-27-32(36)26-22-6-4-2/h16,19,23,27,33,37H,3-15,17-18,20-22,24-26,28-31H2,1-2H3/b19-16-,27-23+/t33-/m0/s1. The minimum Gasteiger partial charge on any atom is -0.463 e. The Morgan fingerprint density at radius 3 is 1.49 bits per heavy atom. The number of hydrogen-bond donors (Lipinski definition) is 1. The topological polar surface area (TPSA) is 89.9 Å². The molecule has 6 nitrogen and oxygen atoms in total. The molecule has 0 aromatic carbocycles. The number of hydrogen-bond acceptors (Lipinski definition) is 6. The molecule has 0 saturated carbocycles. The quantitative estimate of drug-likeness (QED) is 0.0396. The number of carbonyl (C=O) groups excluding carboxylic acids is 3. The van der Waals surface area contributed by atoms with Crippen LogP contribution in [0, 0.1) is 0 Å². The predicted octanol–water partition coefficient (Wildman–Crippen LogP) is 9.13. The molecule has 0 bridgehead atoms. The SMILES string of the molecule is CCCCCCCCCCCCCC(=O)OC[C@H](O)COC(=O)CCCCCCC/C=C\C=C\C(=O)CCCCC. The number of aliphatic hydroxyl groups excluding tert-OH is 1. The third-order valence-electron chi connectivity index (χ3n) is 7.17. The van der Waals surface area contributed by atoms with Gasteiger partial charge in [0.25, 0.3) is 0 Å². The number of unbranched alkanes of at least 4 members (excludes halogenated alkanes) is 17.